The minimum absolute atomic E-state index is 0.0931. The normalized spacial score (nSPS) is 23.0. The van der Waals surface area contributed by atoms with Crippen molar-refractivity contribution >= 4 is 0 Å². The molecule has 0 spiro atoms. The molecule has 0 aromatic heterocycles. The summed E-state index contributed by atoms with van der Waals surface area (Å²) in [6.07, 6.45) is 6.56. The predicted molar refractivity (Wildman–Crippen MR) is 72.1 cm³/mol. The van der Waals surface area contributed by atoms with Crippen LogP contribution < -0.4 is 5.32 Å². The van der Waals surface area contributed by atoms with Crippen molar-refractivity contribution in [3.8, 4) is 0 Å². The number of halogens is 1. The fourth-order valence-corrected chi connectivity index (χ4v) is 3.75. The second kappa shape index (κ2) is 4.65. The smallest absolute Gasteiger partial charge is 0.123 e. The molecule has 0 bridgehead atoms. The summed E-state index contributed by atoms with van der Waals surface area (Å²) in [6, 6.07) is 5.23. The van der Waals surface area contributed by atoms with Crippen LogP contribution in [0.4, 0.5) is 4.39 Å². The average Bonchev–Trinajstić information content (AvgIpc) is 2.82. The highest BCUT2D eigenvalue weighted by atomic mass is 19.1. The quantitative estimate of drug-likeness (QED) is 0.862. The van der Waals surface area contributed by atoms with E-state index in [0.717, 1.165) is 25.4 Å². The van der Waals surface area contributed by atoms with E-state index in [1.54, 1.807) is 12.1 Å². The van der Waals surface area contributed by atoms with Crippen molar-refractivity contribution < 1.29 is 4.39 Å². The molecule has 1 nitrogen and oxygen atoms in total. The summed E-state index contributed by atoms with van der Waals surface area (Å²) in [7, 11) is 0. The lowest BCUT2D eigenvalue weighted by molar-refractivity contribution is 0.0809. The molecule has 18 heavy (non-hydrogen) atoms. The summed E-state index contributed by atoms with van der Waals surface area (Å²) in [5.74, 6) is 0.755. The van der Waals surface area contributed by atoms with Crippen LogP contribution in [0, 0.1) is 24.1 Å². The molecule has 1 saturated carbocycles. The molecule has 98 valence electrons. The van der Waals surface area contributed by atoms with E-state index in [-0.39, 0.29) is 5.82 Å². The van der Waals surface area contributed by atoms with Gasteiger partial charge in [-0.25, -0.2) is 4.39 Å². The summed E-state index contributed by atoms with van der Waals surface area (Å²) in [4.78, 5) is 0. The maximum Gasteiger partial charge on any atom is 0.123 e. The van der Waals surface area contributed by atoms with Crippen LogP contribution in [-0.4, -0.2) is 13.1 Å². The number of nitrogens with one attached hydrogen (secondary N) is 1. The Morgan fingerprint density at radius 1 is 1.28 bits per heavy atom. The maximum absolute atomic E-state index is 13.4. The molecule has 2 fully saturated rings. The Kier molecular flexibility index (Phi) is 3.14. The van der Waals surface area contributed by atoms with Gasteiger partial charge in [-0.3, -0.25) is 0 Å². The van der Waals surface area contributed by atoms with Gasteiger partial charge in [0.15, 0.2) is 0 Å². The summed E-state index contributed by atoms with van der Waals surface area (Å²) in [5, 5.41) is 3.44. The highest BCUT2D eigenvalue weighted by Crippen LogP contribution is 2.45. The summed E-state index contributed by atoms with van der Waals surface area (Å²) in [6.45, 7) is 4.34. The fourth-order valence-electron chi connectivity index (χ4n) is 3.75. The monoisotopic (exact) mass is 247 g/mol. The van der Waals surface area contributed by atoms with Gasteiger partial charge in [-0.1, -0.05) is 18.9 Å². The molecule has 0 radical (unpaired) electrons. The van der Waals surface area contributed by atoms with Gasteiger partial charge >= 0.3 is 0 Å². The van der Waals surface area contributed by atoms with Crippen molar-refractivity contribution in [3.63, 3.8) is 0 Å². The Hall–Kier alpha value is -0.890. The predicted octanol–water partition coefficient (Wildman–Crippen LogP) is 3.46. The lowest BCUT2D eigenvalue weighted by Crippen LogP contribution is -2.58. The Morgan fingerprint density at radius 3 is 2.61 bits per heavy atom. The molecule has 1 saturated heterocycles. The van der Waals surface area contributed by atoms with E-state index in [1.807, 2.05) is 6.07 Å². The van der Waals surface area contributed by atoms with Gasteiger partial charge in [-0.15, -0.1) is 0 Å². The molecule has 3 rings (SSSR count). The van der Waals surface area contributed by atoms with Crippen LogP contribution in [0.5, 0.6) is 0 Å². The van der Waals surface area contributed by atoms with E-state index in [9.17, 15) is 4.39 Å². The molecule has 0 unspecified atom stereocenters. The van der Waals surface area contributed by atoms with Crippen LogP contribution in [0.25, 0.3) is 0 Å². The first-order valence-electron chi connectivity index (χ1n) is 7.15. The first-order valence-corrected chi connectivity index (χ1v) is 7.15. The number of rotatable bonds is 3. The zero-order chi connectivity index (χ0) is 12.6. The standard InChI is InChI=1S/C16H22FN/c1-12-6-7-15(17)8-13(12)9-16(10-18-11-16)14-4-2-3-5-14/h6-8,14,18H,2-5,9-11H2,1H3. The summed E-state index contributed by atoms with van der Waals surface area (Å²) < 4.78 is 13.4. The van der Waals surface area contributed by atoms with E-state index in [0.29, 0.717) is 5.41 Å². The third kappa shape index (κ3) is 2.07. The SMILES string of the molecule is Cc1ccc(F)cc1CC1(C2CCCC2)CNC1. The fraction of sp³-hybridized carbons (Fsp3) is 0.625. The average molecular weight is 247 g/mol. The number of hydrogen-bond acceptors (Lipinski definition) is 1. The second-order valence-corrected chi connectivity index (χ2v) is 6.19. The molecule has 0 atom stereocenters. The summed E-state index contributed by atoms with van der Waals surface area (Å²) in [5.41, 5.74) is 2.86. The highest BCUT2D eigenvalue weighted by Gasteiger charge is 2.44. The second-order valence-electron chi connectivity index (χ2n) is 6.19. The van der Waals surface area contributed by atoms with E-state index < -0.39 is 0 Å². The van der Waals surface area contributed by atoms with Gasteiger partial charge in [0.2, 0.25) is 0 Å². The Morgan fingerprint density at radius 2 is 2.00 bits per heavy atom. The van der Waals surface area contributed by atoms with Crippen LogP contribution in [0.15, 0.2) is 18.2 Å². The van der Waals surface area contributed by atoms with Gasteiger partial charge in [0, 0.05) is 18.5 Å². The van der Waals surface area contributed by atoms with Crippen molar-refractivity contribution in [2.75, 3.05) is 13.1 Å². The molecule has 1 heterocycles. The van der Waals surface area contributed by atoms with E-state index in [4.69, 9.17) is 0 Å². The molecular weight excluding hydrogens is 225 g/mol. The first kappa shape index (κ1) is 12.2. The minimum atomic E-state index is -0.0931. The third-order valence-corrected chi connectivity index (χ3v) is 5.03. The zero-order valence-corrected chi connectivity index (χ0v) is 11.1. The van der Waals surface area contributed by atoms with E-state index in [1.165, 1.54) is 36.8 Å². The van der Waals surface area contributed by atoms with Gasteiger partial charge in [-0.2, -0.15) is 0 Å². The lowest BCUT2D eigenvalue weighted by atomic mass is 9.66. The molecule has 2 aliphatic rings. The molecule has 1 aliphatic heterocycles. The largest absolute Gasteiger partial charge is 0.315 e. The van der Waals surface area contributed by atoms with Crippen LogP contribution >= 0.6 is 0 Å². The number of benzene rings is 1. The van der Waals surface area contributed by atoms with Crippen LogP contribution in [-0.2, 0) is 6.42 Å². The van der Waals surface area contributed by atoms with Gasteiger partial charge in [0.25, 0.3) is 0 Å². The number of aryl methyl sites for hydroxylation is 1. The zero-order valence-electron chi connectivity index (χ0n) is 11.1. The molecule has 1 N–H and O–H groups in total. The number of hydrogen-bond donors (Lipinski definition) is 1. The van der Waals surface area contributed by atoms with Crippen LogP contribution in [0.2, 0.25) is 0 Å². The van der Waals surface area contributed by atoms with Crippen molar-refractivity contribution in [1.82, 2.24) is 5.32 Å². The van der Waals surface area contributed by atoms with Crippen molar-refractivity contribution in [2.45, 2.75) is 39.0 Å². The molecule has 1 aliphatic carbocycles. The van der Waals surface area contributed by atoms with E-state index >= 15 is 0 Å². The van der Waals surface area contributed by atoms with Gasteiger partial charge in [0.1, 0.15) is 5.82 Å². The molecule has 2 heteroatoms. The van der Waals surface area contributed by atoms with Crippen molar-refractivity contribution in [2.24, 2.45) is 11.3 Å². The van der Waals surface area contributed by atoms with Crippen LogP contribution in [0.3, 0.4) is 0 Å². The Labute approximate surface area is 109 Å². The third-order valence-electron chi connectivity index (χ3n) is 5.03. The van der Waals surface area contributed by atoms with Gasteiger partial charge in [-0.05, 0) is 55.4 Å². The molecule has 1 aromatic rings. The Bertz CT molecular complexity index is 431. The topological polar surface area (TPSA) is 12.0 Å². The highest BCUT2D eigenvalue weighted by molar-refractivity contribution is 5.28. The molecule has 0 amide bonds. The minimum Gasteiger partial charge on any atom is -0.315 e. The van der Waals surface area contributed by atoms with Crippen LogP contribution in [0.1, 0.15) is 36.8 Å². The van der Waals surface area contributed by atoms with Gasteiger partial charge in [0.05, 0.1) is 0 Å². The van der Waals surface area contributed by atoms with E-state index in [2.05, 4.69) is 12.2 Å². The van der Waals surface area contributed by atoms with Gasteiger partial charge < -0.3 is 5.32 Å². The maximum atomic E-state index is 13.4. The Balaban J connectivity index is 1.82. The molecule has 1 aromatic carbocycles. The summed E-state index contributed by atoms with van der Waals surface area (Å²) >= 11 is 0. The molecular formula is C16H22FN. The van der Waals surface area contributed by atoms with Crippen molar-refractivity contribution in [1.29, 1.82) is 0 Å². The lowest BCUT2D eigenvalue weighted by Gasteiger charge is -2.48. The van der Waals surface area contributed by atoms with Crippen molar-refractivity contribution in [3.05, 3.63) is 35.1 Å². The first-order chi connectivity index (χ1) is 8.70.